The molecule has 0 saturated carbocycles. The molecule has 0 amide bonds. The summed E-state index contributed by atoms with van der Waals surface area (Å²) in [6.07, 6.45) is 0. The zero-order chi connectivity index (χ0) is 15.0. The van der Waals surface area contributed by atoms with Crippen molar-refractivity contribution in [2.75, 3.05) is 0 Å². The van der Waals surface area contributed by atoms with Crippen LogP contribution in [0.4, 0.5) is 0 Å². The first-order valence-electron chi connectivity index (χ1n) is 6.42. The average molecular weight is 316 g/mol. The lowest BCUT2D eigenvalue weighted by atomic mass is 10.0. The van der Waals surface area contributed by atoms with Gasteiger partial charge in [0, 0.05) is 22.2 Å². The van der Waals surface area contributed by atoms with Gasteiger partial charge in [-0.25, -0.2) is 0 Å². The second kappa shape index (κ2) is 5.47. The summed E-state index contributed by atoms with van der Waals surface area (Å²) in [5.74, 6) is -0.0870. The van der Waals surface area contributed by atoms with E-state index in [9.17, 15) is 4.79 Å². The van der Waals surface area contributed by atoms with Crippen LogP contribution in [0.25, 0.3) is 10.9 Å². The van der Waals surface area contributed by atoms with E-state index in [1.165, 1.54) is 0 Å². The van der Waals surface area contributed by atoms with Crippen molar-refractivity contribution in [1.82, 2.24) is 4.98 Å². The molecule has 0 fully saturated rings. The number of fused-ring (bicyclic) bond motifs is 1. The first-order valence-corrected chi connectivity index (χ1v) is 7.17. The number of hydrogen-bond donors (Lipinski definition) is 0. The highest BCUT2D eigenvalue weighted by Gasteiger charge is 2.11. The van der Waals surface area contributed by atoms with Crippen molar-refractivity contribution in [3.63, 3.8) is 0 Å². The van der Waals surface area contributed by atoms with Crippen molar-refractivity contribution in [3.05, 3.63) is 75.4 Å². The van der Waals surface area contributed by atoms with Gasteiger partial charge in [0.25, 0.3) is 0 Å². The summed E-state index contributed by atoms with van der Waals surface area (Å²) >= 11 is 11.8. The number of nitrogens with zero attached hydrogens (tertiary/aromatic N) is 1. The molecule has 21 heavy (non-hydrogen) atoms. The van der Waals surface area contributed by atoms with Crippen molar-refractivity contribution < 1.29 is 4.79 Å². The highest BCUT2D eigenvalue weighted by molar-refractivity contribution is 6.42. The largest absolute Gasteiger partial charge is 0.289 e. The number of benzene rings is 2. The molecule has 1 heterocycles. The van der Waals surface area contributed by atoms with Gasteiger partial charge in [-0.1, -0.05) is 29.3 Å². The van der Waals surface area contributed by atoms with Crippen LogP contribution in [-0.4, -0.2) is 10.8 Å². The smallest absolute Gasteiger partial charge is 0.193 e. The Morgan fingerprint density at radius 3 is 2.38 bits per heavy atom. The van der Waals surface area contributed by atoms with E-state index in [1.54, 1.807) is 24.3 Å². The molecule has 0 bridgehead atoms. The summed E-state index contributed by atoms with van der Waals surface area (Å²) in [5, 5.41) is 1.75. The van der Waals surface area contributed by atoms with Gasteiger partial charge in [-0.2, -0.15) is 0 Å². The molecule has 0 aliphatic rings. The number of rotatable bonds is 2. The molecular formula is C17H11Cl2NO. The minimum atomic E-state index is -0.0870. The molecule has 1 aromatic heterocycles. The maximum atomic E-state index is 12.5. The van der Waals surface area contributed by atoms with Gasteiger partial charge in [0.1, 0.15) is 0 Å². The minimum absolute atomic E-state index is 0.0870. The van der Waals surface area contributed by atoms with Gasteiger partial charge in [-0.3, -0.25) is 9.78 Å². The van der Waals surface area contributed by atoms with E-state index < -0.39 is 0 Å². The summed E-state index contributed by atoms with van der Waals surface area (Å²) < 4.78 is 0. The number of halogens is 2. The number of aryl methyl sites for hydroxylation is 1. The summed E-state index contributed by atoms with van der Waals surface area (Å²) in [7, 11) is 0. The third kappa shape index (κ3) is 2.78. The lowest BCUT2D eigenvalue weighted by Gasteiger charge is -2.05. The predicted octanol–water partition coefficient (Wildman–Crippen LogP) is 5.08. The fourth-order valence-electron chi connectivity index (χ4n) is 2.17. The average Bonchev–Trinajstić information content (AvgIpc) is 2.49. The van der Waals surface area contributed by atoms with Crippen LogP contribution in [0.15, 0.2) is 48.5 Å². The number of carbonyl (C=O) groups is 1. The molecule has 0 aliphatic carbocycles. The normalized spacial score (nSPS) is 10.8. The van der Waals surface area contributed by atoms with Crippen LogP contribution < -0.4 is 0 Å². The monoisotopic (exact) mass is 315 g/mol. The number of aromatic nitrogens is 1. The topological polar surface area (TPSA) is 30.0 Å². The fourth-order valence-corrected chi connectivity index (χ4v) is 2.47. The van der Waals surface area contributed by atoms with Gasteiger partial charge in [0.05, 0.1) is 15.6 Å². The number of ketones is 1. The van der Waals surface area contributed by atoms with Crippen LogP contribution in [0.3, 0.4) is 0 Å². The van der Waals surface area contributed by atoms with E-state index in [4.69, 9.17) is 23.2 Å². The SMILES string of the molecule is Cc1ccc2cc(C(=O)c3ccc(Cl)c(Cl)c3)ccc2n1. The van der Waals surface area contributed by atoms with E-state index in [0.717, 1.165) is 16.6 Å². The standard InChI is InChI=1S/C17H11Cl2NO/c1-10-2-3-11-8-12(5-7-16(11)20-10)17(21)13-4-6-14(18)15(19)9-13/h2-9H,1H3. The Balaban J connectivity index is 2.04. The number of hydrogen-bond acceptors (Lipinski definition) is 2. The summed E-state index contributed by atoms with van der Waals surface area (Å²) in [5.41, 5.74) is 2.95. The third-order valence-corrected chi connectivity index (χ3v) is 4.01. The number of pyridine rings is 1. The quantitative estimate of drug-likeness (QED) is 0.617. The lowest BCUT2D eigenvalue weighted by molar-refractivity contribution is 0.103. The van der Waals surface area contributed by atoms with Crippen LogP contribution >= 0.6 is 23.2 Å². The minimum Gasteiger partial charge on any atom is -0.289 e. The molecule has 0 unspecified atom stereocenters. The van der Waals surface area contributed by atoms with Gasteiger partial charge in [0.15, 0.2) is 5.78 Å². The van der Waals surface area contributed by atoms with Crippen molar-refractivity contribution in [2.24, 2.45) is 0 Å². The lowest BCUT2D eigenvalue weighted by Crippen LogP contribution is -2.01. The van der Waals surface area contributed by atoms with Gasteiger partial charge in [0.2, 0.25) is 0 Å². The van der Waals surface area contributed by atoms with Crippen molar-refractivity contribution in [2.45, 2.75) is 6.92 Å². The summed E-state index contributed by atoms with van der Waals surface area (Å²) in [6, 6.07) is 14.2. The van der Waals surface area contributed by atoms with Gasteiger partial charge < -0.3 is 0 Å². The molecule has 0 aliphatic heterocycles. The number of carbonyl (C=O) groups excluding carboxylic acids is 1. The van der Waals surface area contributed by atoms with Crippen molar-refractivity contribution >= 4 is 39.9 Å². The summed E-state index contributed by atoms with van der Waals surface area (Å²) in [6.45, 7) is 1.94. The second-order valence-electron chi connectivity index (χ2n) is 4.82. The molecule has 4 heteroatoms. The molecule has 3 aromatic rings. The van der Waals surface area contributed by atoms with Crippen LogP contribution in [0, 0.1) is 6.92 Å². The molecule has 0 saturated heterocycles. The molecule has 0 spiro atoms. The maximum Gasteiger partial charge on any atom is 0.193 e. The van der Waals surface area contributed by atoms with Crippen LogP contribution in [0.2, 0.25) is 10.0 Å². The maximum absolute atomic E-state index is 12.5. The zero-order valence-corrected chi connectivity index (χ0v) is 12.7. The van der Waals surface area contributed by atoms with Gasteiger partial charge in [-0.15, -0.1) is 0 Å². The Morgan fingerprint density at radius 2 is 1.62 bits per heavy atom. The Kier molecular flexibility index (Phi) is 3.66. The molecule has 0 N–H and O–H groups in total. The highest BCUT2D eigenvalue weighted by atomic mass is 35.5. The molecule has 2 nitrogen and oxygen atoms in total. The Morgan fingerprint density at radius 1 is 0.905 bits per heavy atom. The molecule has 0 atom stereocenters. The van der Waals surface area contributed by atoms with E-state index >= 15 is 0 Å². The van der Waals surface area contributed by atoms with Gasteiger partial charge >= 0.3 is 0 Å². The van der Waals surface area contributed by atoms with E-state index in [1.807, 2.05) is 31.2 Å². The first kappa shape index (κ1) is 14.1. The third-order valence-electron chi connectivity index (χ3n) is 3.27. The van der Waals surface area contributed by atoms with Crippen LogP contribution in [0.1, 0.15) is 21.6 Å². The molecule has 104 valence electrons. The van der Waals surface area contributed by atoms with Crippen LogP contribution in [0.5, 0.6) is 0 Å². The predicted molar refractivity (Wildman–Crippen MR) is 86.4 cm³/mol. The second-order valence-corrected chi connectivity index (χ2v) is 5.63. The van der Waals surface area contributed by atoms with Crippen LogP contribution in [-0.2, 0) is 0 Å². The molecule has 0 radical (unpaired) electrons. The molecule has 2 aromatic carbocycles. The van der Waals surface area contributed by atoms with E-state index in [0.29, 0.717) is 21.2 Å². The Hall–Kier alpha value is -1.90. The van der Waals surface area contributed by atoms with E-state index in [2.05, 4.69) is 4.98 Å². The zero-order valence-electron chi connectivity index (χ0n) is 11.2. The van der Waals surface area contributed by atoms with Gasteiger partial charge in [-0.05, 0) is 49.4 Å². The van der Waals surface area contributed by atoms with Crippen molar-refractivity contribution in [3.8, 4) is 0 Å². The first-order chi connectivity index (χ1) is 10.0. The summed E-state index contributed by atoms with van der Waals surface area (Å²) in [4.78, 5) is 16.9. The Bertz CT molecular complexity index is 859. The van der Waals surface area contributed by atoms with E-state index in [-0.39, 0.29) is 5.78 Å². The Labute approximate surface area is 132 Å². The van der Waals surface area contributed by atoms with Crippen molar-refractivity contribution in [1.29, 1.82) is 0 Å². The fraction of sp³-hybridized carbons (Fsp3) is 0.0588. The highest BCUT2D eigenvalue weighted by Crippen LogP contribution is 2.24. The molecule has 3 rings (SSSR count). The molecular weight excluding hydrogens is 305 g/mol.